The summed E-state index contributed by atoms with van der Waals surface area (Å²) in [6.07, 6.45) is 11.7. The van der Waals surface area contributed by atoms with Crippen molar-refractivity contribution in [3.63, 3.8) is 0 Å². The monoisotopic (exact) mass is 193 g/mol. The van der Waals surface area contributed by atoms with Crippen molar-refractivity contribution in [3.8, 4) is 6.07 Å². The molecule has 0 heterocycles. The van der Waals surface area contributed by atoms with Gasteiger partial charge in [0.05, 0.1) is 6.07 Å². The van der Waals surface area contributed by atoms with Gasteiger partial charge >= 0.3 is 0 Å². The fraction of sp³-hybridized carbons (Fsp3) is 0.769. The van der Waals surface area contributed by atoms with Crippen molar-refractivity contribution in [1.29, 1.82) is 5.26 Å². The summed E-state index contributed by atoms with van der Waals surface area (Å²) in [7, 11) is 0. The van der Waals surface area contributed by atoms with Gasteiger partial charge in [-0.2, -0.15) is 5.26 Å². The van der Waals surface area contributed by atoms with E-state index in [0.29, 0.717) is 6.42 Å². The normalized spacial score (nSPS) is 11.4. The Balaban J connectivity index is 3.40. The maximum absolute atomic E-state index is 8.47. The molecule has 0 aromatic heterocycles. The van der Waals surface area contributed by atoms with Gasteiger partial charge < -0.3 is 0 Å². The Morgan fingerprint density at radius 1 is 1.14 bits per heavy atom. The van der Waals surface area contributed by atoms with E-state index in [4.69, 9.17) is 5.26 Å². The molecule has 0 atom stereocenters. The van der Waals surface area contributed by atoms with Crippen LogP contribution >= 0.6 is 0 Å². The first kappa shape index (κ1) is 13.2. The van der Waals surface area contributed by atoms with Gasteiger partial charge in [0.2, 0.25) is 0 Å². The summed E-state index contributed by atoms with van der Waals surface area (Å²) in [6.45, 7) is 4.32. The number of nitriles is 1. The predicted molar refractivity (Wildman–Crippen MR) is 62.0 cm³/mol. The molecule has 0 unspecified atom stereocenters. The van der Waals surface area contributed by atoms with Crippen LogP contribution in [0, 0.1) is 11.3 Å². The zero-order valence-corrected chi connectivity index (χ0v) is 9.68. The van der Waals surface area contributed by atoms with E-state index in [1.165, 1.54) is 44.1 Å². The molecular formula is C13H23N. The Morgan fingerprint density at radius 2 is 1.86 bits per heavy atom. The third kappa shape index (κ3) is 7.86. The minimum atomic E-state index is 0.675. The minimum Gasteiger partial charge on any atom is -0.198 e. The van der Waals surface area contributed by atoms with E-state index >= 15 is 0 Å². The second-order valence-corrected chi connectivity index (χ2v) is 3.77. The number of allylic oxidation sites excluding steroid dienone is 2. The molecule has 0 aliphatic rings. The van der Waals surface area contributed by atoms with Crippen LogP contribution in [0.1, 0.15) is 65.2 Å². The lowest BCUT2D eigenvalue weighted by atomic mass is 10.0. The minimum absolute atomic E-state index is 0.675. The Kier molecular flexibility index (Phi) is 9.74. The lowest BCUT2D eigenvalue weighted by Gasteiger charge is -2.04. The van der Waals surface area contributed by atoms with Gasteiger partial charge in [0.25, 0.3) is 0 Å². The maximum atomic E-state index is 8.47. The van der Waals surface area contributed by atoms with Crippen LogP contribution in [0.5, 0.6) is 0 Å². The van der Waals surface area contributed by atoms with Crippen LogP contribution in [0.2, 0.25) is 0 Å². The van der Waals surface area contributed by atoms with Crippen LogP contribution in [-0.2, 0) is 0 Å². The molecule has 0 bridgehead atoms. The molecule has 14 heavy (non-hydrogen) atoms. The fourth-order valence-electron chi connectivity index (χ4n) is 1.59. The first-order valence-corrected chi connectivity index (χ1v) is 5.86. The van der Waals surface area contributed by atoms with E-state index in [0.717, 1.165) is 6.42 Å². The number of unbranched alkanes of at least 4 members (excludes halogenated alkanes) is 4. The molecule has 0 N–H and O–H groups in total. The zero-order chi connectivity index (χ0) is 10.6. The molecule has 0 spiro atoms. The fourth-order valence-corrected chi connectivity index (χ4v) is 1.59. The van der Waals surface area contributed by atoms with Crippen molar-refractivity contribution in [2.24, 2.45) is 0 Å². The second-order valence-electron chi connectivity index (χ2n) is 3.77. The molecule has 0 rings (SSSR count). The molecule has 1 heteroatoms. The SMILES string of the molecule is C/C=C(\CCC#N)CCCCCCC. The summed E-state index contributed by atoms with van der Waals surface area (Å²) in [5.74, 6) is 0. The lowest BCUT2D eigenvalue weighted by molar-refractivity contribution is 0.624. The molecule has 0 fully saturated rings. The molecular weight excluding hydrogens is 170 g/mol. The molecule has 0 aliphatic heterocycles. The van der Waals surface area contributed by atoms with Crippen molar-refractivity contribution in [3.05, 3.63) is 11.6 Å². The zero-order valence-electron chi connectivity index (χ0n) is 9.68. The van der Waals surface area contributed by atoms with E-state index in [2.05, 4.69) is 26.0 Å². The lowest BCUT2D eigenvalue weighted by Crippen LogP contribution is -1.85. The molecule has 0 saturated heterocycles. The van der Waals surface area contributed by atoms with Crippen LogP contribution in [0.3, 0.4) is 0 Å². The largest absolute Gasteiger partial charge is 0.198 e. The standard InChI is InChI=1S/C13H23N/c1-3-5-6-7-8-10-13(4-2)11-9-12-14/h4H,3,5-11H2,1-2H3/b13-4-. The average molecular weight is 193 g/mol. The number of nitrogens with zero attached hydrogens (tertiary/aromatic N) is 1. The Labute approximate surface area is 88.8 Å². The molecule has 0 aliphatic carbocycles. The third-order valence-electron chi connectivity index (χ3n) is 2.57. The first-order valence-electron chi connectivity index (χ1n) is 5.86. The Bertz CT molecular complexity index is 186. The van der Waals surface area contributed by atoms with Crippen LogP contribution < -0.4 is 0 Å². The molecule has 80 valence electrons. The highest BCUT2D eigenvalue weighted by atomic mass is 14.2. The average Bonchev–Trinajstić information content (AvgIpc) is 2.22. The van der Waals surface area contributed by atoms with Crippen LogP contribution in [-0.4, -0.2) is 0 Å². The number of hydrogen-bond donors (Lipinski definition) is 0. The van der Waals surface area contributed by atoms with E-state index in [1.807, 2.05) is 0 Å². The molecule has 0 aromatic carbocycles. The molecule has 0 saturated carbocycles. The van der Waals surface area contributed by atoms with Gasteiger partial charge in [-0.05, 0) is 26.2 Å². The summed E-state index contributed by atoms with van der Waals surface area (Å²) in [5.41, 5.74) is 1.46. The molecule has 0 amide bonds. The number of hydrogen-bond acceptors (Lipinski definition) is 1. The summed E-state index contributed by atoms with van der Waals surface area (Å²) in [6, 6.07) is 2.20. The van der Waals surface area contributed by atoms with Gasteiger partial charge in [-0.3, -0.25) is 0 Å². The number of rotatable bonds is 8. The Hall–Kier alpha value is -0.770. The van der Waals surface area contributed by atoms with Crippen molar-refractivity contribution in [1.82, 2.24) is 0 Å². The van der Waals surface area contributed by atoms with Crippen molar-refractivity contribution in [2.45, 2.75) is 65.2 Å². The summed E-state index contributed by atoms with van der Waals surface area (Å²) >= 11 is 0. The Morgan fingerprint density at radius 3 is 2.43 bits per heavy atom. The highest BCUT2D eigenvalue weighted by Crippen LogP contribution is 2.15. The van der Waals surface area contributed by atoms with E-state index in [-0.39, 0.29) is 0 Å². The van der Waals surface area contributed by atoms with Gasteiger partial charge in [0.15, 0.2) is 0 Å². The van der Waals surface area contributed by atoms with Crippen LogP contribution in [0.4, 0.5) is 0 Å². The van der Waals surface area contributed by atoms with Gasteiger partial charge in [-0.15, -0.1) is 0 Å². The second kappa shape index (κ2) is 10.3. The quantitative estimate of drug-likeness (QED) is 0.408. The topological polar surface area (TPSA) is 23.8 Å². The summed E-state index contributed by atoms with van der Waals surface area (Å²) in [4.78, 5) is 0. The molecule has 0 aromatic rings. The van der Waals surface area contributed by atoms with Crippen molar-refractivity contribution >= 4 is 0 Å². The van der Waals surface area contributed by atoms with Gasteiger partial charge in [0.1, 0.15) is 0 Å². The van der Waals surface area contributed by atoms with Crippen molar-refractivity contribution in [2.75, 3.05) is 0 Å². The van der Waals surface area contributed by atoms with Crippen LogP contribution in [0.15, 0.2) is 11.6 Å². The summed E-state index contributed by atoms with van der Waals surface area (Å²) in [5, 5.41) is 8.47. The van der Waals surface area contributed by atoms with Crippen LogP contribution in [0.25, 0.3) is 0 Å². The first-order chi connectivity index (χ1) is 6.85. The van der Waals surface area contributed by atoms with E-state index < -0.39 is 0 Å². The molecule has 1 nitrogen and oxygen atoms in total. The molecule has 0 radical (unpaired) electrons. The van der Waals surface area contributed by atoms with Crippen molar-refractivity contribution < 1.29 is 0 Å². The smallest absolute Gasteiger partial charge is 0.0625 e. The van der Waals surface area contributed by atoms with Gasteiger partial charge in [-0.1, -0.05) is 44.3 Å². The van der Waals surface area contributed by atoms with Gasteiger partial charge in [-0.25, -0.2) is 0 Å². The van der Waals surface area contributed by atoms with E-state index in [1.54, 1.807) is 0 Å². The highest BCUT2D eigenvalue weighted by Gasteiger charge is 1.96. The summed E-state index contributed by atoms with van der Waals surface area (Å²) < 4.78 is 0. The maximum Gasteiger partial charge on any atom is 0.0625 e. The van der Waals surface area contributed by atoms with Gasteiger partial charge in [0, 0.05) is 6.42 Å². The highest BCUT2D eigenvalue weighted by molar-refractivity contribution is 5.01. The van der Waals surface area contributed by atoms with E-state index in [9.17, 15) is 0 Å². The third-order valence-corrected chi connectivity index (χ3v) is 2.57. The predicted octanol–water partition coefficient (Wildman–Crippen LogP) is 4.60.